The molecule has 4 nitrogen and oxygen atoms in total. The zero-order chi connectivity index (χ0) is 12.8. The zero-order valence-corrected chi connectivity index (χ0v) is 9.06. The topological polar surface area (TPSA) is 55.4 Å². The van der Waals surface area contributed by atoms with E-state index >= 15 is 0 Å². The lowest BCUT2D eigenvalue weighted by molar-refractivity contribution is -0.174. The summed E-state index contributed by atoms with van der Waals surface area (Å²) in [5.74, 6) is -3.40. The highest BCUT2D eigenvalue weighted by atomic mass is 19.4. The van der Waals surface area contributed by atoms with Crippen LogP contribution in [0.5, 0.6) is 0 Å². The van der Waals surface area contributed by atoms with E-state index in [1.165, 1.54) is 0 Å². The number of hydrogen-bond acceptors (Lipinski definition) is 3. The van der Waals surface area contributed by atoms with Gasteiger partial charge in [0.15, 0.2) is 0 Å². The van der Waals surface area contributed by atoms with E-state index in [1.807, 2.05) is 0 Å². The van der Waals surface area contributed by atoms with Crippen LogP contribution >= 0.6 is 0 Å². The minimum absolute atomic E-state index is 0.362. The fraction of sp³-hybridized carbons (Fsp3) is 0.778. The van der Waals surface area contributed by atoms with Gasteiger partial charge >= 0.3 is 18.1 Å². The number of esters is 1. The van der Waals surface area contributed by atoms with Crippen LogP contribution in [0.3, 0.4) is 0 Å². The number of alkyl halides is 3. The van der Waals surface area contributed by atoms with E-state index in [-0.39, 0.29) is 6.54 Å². The van der Waals surface area contributed by atoms with E-state index in [9.17, 15) is 22.8 Å². The number of hydrogen-bond donors (Lipinski definition) is 1. The van der Waals surface area contributed by atoms with Crippen molar-refractivity contribution in [2.45, 2.75) is 25.9 Å². The van der Waals surface area contributed by atoms with Crippen LogP contribution in [0.2, 0.25) is 0 Å². The van der Waals surface area contributed by atoms with Gasteiger partial charge in [-0.2, -0.15) is 13.2 Å². The summed E-state index contributed by atoms with van der Waals surface area (Å²) in [6, 6.07) is 0. The van der Waals surface area contributed by atoms with Crippen LogP contribution in [-0.2, 0) is 14.3 Å². The van der Waals surface area contributed by atoms with Gasteiger partial charge in [0, 0.05) is 6.54 Å². The SMILES string of the molecule is CCC[C@H](CNC(=O)C(F)(F)F)C(=O)OC. The Kier molecular flexibility index (Phi) is 5.84. The molecule has 0 aromatic rings. The highest BCUT2D eigenvalue weighted by Gasteiger charge is 2.38. The third-order valence-electron chi connectivity index (χ3n) is 1.94. The summed E-state index contributed by atoms with van der Waals surface area (Å²) in [5.41, 5.74) is 0. The van der Waals surface area contributed by atoms with Crippen molar-refractivity contribution in [3.05, 3.63) is 0 Å². The second-order valence-electron chi connectivity index (χ2n) is 3.22. The van der Waals surface area contributed by atoms with Crippen molar-refractivity contribution in [3.63, 3.8) is 0 Å². The molecule has 0 radical (unpaired) electrons. The normalized spacial score (nSPS) is 13.1. The maximum absolute atomic E-state index is 11.8. The molecule has 0 unspecified atom stereocenters. The first-order chi connectivity index (χ1) is 7.32. The number of nitrogens with one attached hydrogen (secondary N) is 1. The van der Waals surface area contributed by atoms with Crippen LogP contribution in [0, 0.1) is 5.92 Å². The number of carbonyl (C=O) groups is 2. The molecule has 1 atom stereocenters. The van der Waals surface area contributed by atoms with Crippen molar-refractivity contribution in [2.75, 3.05) is 13.7 Å². The number of carbonyl (C=O) groups excluding carboxylic acids is 2. The first-order valence-corrected chi connectivity index (χ1v) is 4.75. The highest BCUT2D eigenvalue weighted by Crippen LogP contribution is 2.15. The molecule has 0 heterocycles. The molecular formula is C9H14F3NO3. The van der Waals surface area contributed by atoms with Gasteiger partial charge in [-0.25, -0.2) is 0 Å². The Hall–Kier alpha value is -1.27. The van der Waals surface area contributed by atoms with Crippen molar-refractivity contribution in [1.29, 1.82) is 0 Å². The number of ether oxygens (including phenoxy) is 1. The van der Waals surface area contributed by atoms with E-state index < -0.39 is 24.0 Å². The Morgan fingerprint density at radius 3 is 2.31 bits per heavy atom. The minimum Gasteiger partial charge on any atom is -0.469 e. The van der Waals surface area contributed by atoms with Crippen molar-refractivity contribution >= 4 is 11.9 Å². The molecule has 0 fully saturated rings. The first kappa shape index (κ1) is 14.7. The average molecular weight is 241 g/mol. The monoisotopic (exact) mass is 241 g/mol. The average Bonchev–Trinajstić information content (AvgIpc) is 2.21. The number of rotatable bonds is 5. The van der Waals surface area contributed by atoms with Gasteiger partial charge in [0.2, 0.25) is 0 Å². The standard InChI is InChI=1S/C9H14F3NO3/c1-3-4-6(7(14)16-2)5-13-8(15)9(10,11)12/h6H,3-5H2,1-2H3,(H,13,15)/t6-/m1/s1. The lowest BCUT2D eigenvalue weighted by Crippen LogP contribution is -2.41. The van der Waals surface area contributed by atoms with Crippen LogP contribution in [0.25, 0.3) is 0 Å². The third kappa shape index (κ3) is 4.99. The molecule has 0 saturated heterocycles. The van der Waals surface area contributed by atoms with Gasteiger partial charge in [-0.1, -0.05) is 13.3 Å². The molecule has 0 bridgehead atoms. The predicted octanol–water partition coefficient (Wildman–Crippen LogP) is 1.25. The molecule has 16 heavy (non-hydrogen) atoms. The smallest absolute Gasteiger partial charge is 0.469 e. The summed E-state index contributed by atoms with van der Waals surface area (Å²) in [4.78, 5) is 21.6. The van der Waals surface area contributed by atoms with E-state index in [1.54, 1.807) is 12.2 Å². The van der Waals surface area contributed by atoms with Gasteiger partial charge in [-0.3, -0.25) is 9.59 Å². The Morgan fingerprint density at radius 2 is 1.94 bits per heavy atom. The lowest BCUT2D eigenvalue weighted by atomic mass is 10.0. The highest BCUT2D eigenvalue weighted by molar-refractivity contribution is 5.82. The van der Waals surface area contributed by atoms with Crippen LogP contribution in [-0.4, -0.2) is 31.7 Å². The third-order valence-corrected chi connectivity index (χ3v) is 1.94. The van der Waals surface area contributed by atoms with Gasteiger partial charge < -0.3 is 10.1 Å². The molecule has 0 aliphatic heterocycles. The van der Waals surface area contributed by atoms with Crippen LogP contribution < -0.4 is 5.32 Å². The van der Waals surface area contributed by atoms with Gasteiger partial charge in [0.25, 0.3) is 0 Å². The lowest BCUT2D eigenvalue weighted by Gasteiger charge is -2.15. The fourth-order valence-corrected chi connectivity index (χ4v) is 1.13. The number of halogens is 3. The van der Waals surface area contributed by atoms with Crippen molar-refractivity contribution in [2.24, 2.45) is 5.92 Å². The Balaban J connectivity index is 4.22. The summed E-state index contributed by atoms with van der Waals surface area (Å²) in [5, 5.41) is 1.66. The van der Waals surface area contributed by atoms with Crippen molar-refractivity contribution in [3.8, 4) is 0 Å². The van der Waals surface area contributed by atoms with Crippen LogP contribution in [0.15, 0.2) is 0 Å². The summed E-state index contributed by atoms with van der Waals surface area (Å²) in [7, 11) is 1.15. The summed E-state index contributed by atoms with van der Waals surface area (Å²) in [6.07, 6.45) is -3.95. The molecule has 7 heteroatoms. The summed E-state index contributed by atoms with van der Waals surface area (Å²) in [6.45, 7) is 1.42. The van der Waals surface area contributed by atoms with Gasteiger partial charge in [-0.05, 0) is 6.42 Å². The van der Waals surface area contributed by atoms with Crippen LogP contribution in [0.4, 0.5) is 13.2 Å². The van der Waals surface area contributed by atoms with Crippen molar-refractivity contribution in [1.82, 2.24) is 5.32 Å². The van der Waals surface area contributed by atoms with E-state index in [4.69, 9.17) is 0 Å². The van der Waals surface area contributed by atoms with Gasteiger partial charge in [0.1, 0.15) is 0 Å². The maximum atomic E-state index is 11.8. The van der Waals surface area contributed by atoms with E-state index in [0.717, 1.165) is 7.11 Å². The molecule has 0 spiro atoms. The van der Waals surface area contributed by atoms with E-state index in [2.05, 4.69) is 4.74 Å². The molecule has 0 saturated carbocycles. The molecule has 0 rings (SSSR count). The summed E-state index contributed by atoms with van der Waals surface area (Å²) >= 11 is 0. The Bertz CT molecular complexity index is 253. The number of methoxy groups -OCH3 is 1. The van der Waals surface area contributed by atoms with Gasteiger partial charge in [-0.15, -0.1) is 0 Å². The Labute approximate surface area is 91.1 Å². The zero-order valence-electron chi connectivity index (χ0n) is 9.06. The largest absolute Gasteiger partial charge is 0.471 e. The molecule has 0 aliphatic carbocycles. The number of amides is 1. The van der Waals surface area contributed by atoms with Crippen molar-refractivity contribution < 1.29 is 27.5 Å². The molecule has 0 aromatic carbocycles. The second kappa shape index (κ2) is 6.34. The second-order valence-corrected chi connectivity index (χ2v) is 3.22. The molecule has 94 valence electrons. The predicted molar refractivity (Wildman–Crippen MR) is 49.5 cm³/mol. The molecule has 0 aliphatic rings. The maximum Gasteiger partial charge on any atom is 0.471 e. The molecule has 1 amide bonds. The molecule has 1 N–H and O–H groups in total. The minimum atomic E-state index is -4.92. The van der Waals surface area contributed by atoms with Crippen LogP contribution in [0.1, 0.15) is 19.8 Å². The Morgan fingerprint density at radius 1 is 1.38 bits per heavy atom. The first-order valence-electron chi connectivity index (χ1n) is 4.75. The molecule has 0 aromatic heterocycles. The molecular weight excluding hydrogens is 227 g/mol. The fourth-order valence-electron chi connectivity index (χ4n) is 1.13. The quantitative estimate of drug-likeness (QED) is 0.737. The summed E-state index contributed by atoms with van der Waals surface area (Å²) < 4.78 is 39.9. The van der Waals surface area contributed by atoms with Gasteiger partial charge in [0.05, 0.1) is 13.0 Å². The van der Waals surface area contributed by atoms with E-state index in [0.29, 0.717) is 12.8 Å².